The van der Waals surface area contributed by atoms with Gasteiger partial charge in [0.1, 0.15) is 5.60 Å². The third kappa shape index (κ3) is 6.53. The van der Waals surface area contributed by atoms with E-state index in [1.807, 2.05) is 68.1 Å². The average Bonchev–Trinajstić information content (AvgIpc) is 2.94. The largest absolute Gasteiger partial charge is 0.443 e. The molecule has 0 unspecified atom stereocenters. The molecule has 5 heteroatoms. The molecule has 1 heterocycles. The summed E-state index contributed by atoms with van der Waals surface area (Å²) in [7, 11) is 0. The van der Waals surface area contributed by atoms with Crippen LogP contribution in [0.5, 0.6) is 0 Å². The predicted molar refractivity (Wildman–Crippen MR) is 162 cm³/mol. The van der Waals surface area contributed by atoms with E-state index in [2.05, 4.69) is 55.5 Å². The Balaban J connectivity index is 1.36. The topological polar surface area (TPSA) is 49.9 Å². The number of aryl methyl sites for hydroxylation is 1. The van der Waals surface area contributed by atoms with E-state index in [0.29, 0.717) is 36.8 Å². The lowest BCUT2D eigenvalue weighted by atomic mass is 9.88. The predicted octanol–water partition coefficient (Wildman–Crippen LogP) is 8.11. The van der Waals surface area contributed by atoms with Gasteiger partial charge in [0.05, 0.1) is 6.54 Å². The first-order valence-electron chi connectivity index (χ1n) is 14.1. The normalized spacial score (nSPS) is 14.2. The second-order valence-electron chi connectivity index (χ2n) is 11.8. The minimum atomic E-state index is -0.645. The Kier molecular flexibility index (Phi) is 7.92. The van der Waals surface area contributed by atoms with Crippen LogP contribution < -0.4 is 4.90 Å². The smallest absolute Gasteiger partial charge is 0.415 e. The monoisotopic (exact) mass is 534 g/mol. The number of amides is 2. The van der Waals surface area contributed by atoms with E-state index < -0.39 is 11.7 Å². The van der Waals surface area contributed by atoms with Crippen LogP contribution in [0, 0.1) is 6.92 Å². The maximum atomic E-state index is 13.6. The van der Waals surface area contributed by atoms with E-state index in [1.165, 1.54) is 11.1 Å². The quantitative estimate of drug-likeness (QED) is 0.260. The number of nitrogens with zero attached hydrogens (tertiary/aromatic N) is 2. The maximum absolute atomic E-state index is 13.6. The number of carbonyl (C=O) groups is 2. The first-order valence-corrected chi connectivity index (χ1v) is 14.1. The molecule has 5 rings (SSSR count). The van der Waals surface area contributed by atoms with E-state index in [1.54, 1.807) is 4.90 Å². The van der Waals surface area contributed by atoms with E-state index >= 15 is 0 Å². The first-order chi connectivity index (χ1) is 19.2. The number of piperidine rings is 1. The molecule has 40 heavy (non-hydrogen) atoms. The molecule has 1 fully saturated rings. The third-order valence-electron chi connectivity index (χ3n) is 7.47. The minimum absolute atomic E-state index is 0.000568. The number of hydrogen-bond acceptors (Lipinski definition) is 3. The van der Waals surface area contributed by atoms with E-state index in [0.717, 1.165) is 29.2 Å². The summed E-state index contributed by atoms with van der Waals surface area (Å²) >= 11 is 0. The van der Waals surface area contributed by atoms with Crippen LogP contribution in [0.25, 0.3) is 10.8 Å². The standard InChI is InChI=1S/C35H38N2O3/c1-25-9-7-12-29(21-25)28-17-19-36(20-18-28)33(38)31-13-8-14-32(23-31)37(34(39)40-35(2,3)4)24-26-15-16-27-10-5-6-11-30(27)22-26/h5-16,21-23,28H,17-20,24H2,1-4H3. The first kappa shape index (κ1) is 27.4. The van der Waals surface area contributed by atoms with E-state index in [4.69, 9.17) is 4.74 Å². The van der Waals surface area contributed by atoms with Crippen molar-refractivity contribution < 1.29 is 14.3 Å². The number of fused-ring (bicyclic) bond motifs is 1. The van der Waals surface area contributed by atoms with Gasteiger partial charge in [0.2, 0.25) is 0 Å². The molecule has 0 saturated carbocycles. The number of ether oxygens (including phenoxy) is 1. The van der Waals surface area contributed by atoms with Gasteiger partial charge in [0.25, 0.3) is 5.91 Å². The maximum Gasteiger partial charge on any atom is 0.415 e. The van der Waals surface area contributed by atoms with Gasteiger partial charge in [0, 0.05) is 24.3 Å². The molecule has 0 aromatic heterocycles. The molecule has 5 nitrogen and oxygen atoms in total. The van der Waals surface area contributed by atoms with Gasteiger partial charge in [-0.25, -0.2) is 4.79 Å². The van der Waals surface area contributed by atoms with Gasteiger partial charge < -0.3 is 9.64 Å². The van der Waals surface area contributed by atoms with Crippen molar-refractivity contribution in [2.75, 3.05) is 18.0 Å². The summed E-state index contributed by atoms with van der Waals surface area (Å²) in [5, 5.41) is 2.26. The molecule has 4 aromatic carbocycles. The molecule has 206 valence electrons. The highest BCUT2D eigenvalue weighted by Gasteiger charge is 2.27. The zero-order chi connectivity index (χ0) is 28.3. The summed E-state index contributed by atoms with van der Waals surface area (Å²) in [4.78, 5) is 30.5. The highest BCUT2D eigenvalue weighted by molar-refractivity contribution is 5.97. The van der Waals surface area contributed by atoms with Gasteiger partial charge in [-0.1, -0.05) is 72.3 Å². The molecule has 0 N–H and O–H groups in total. The number of benzene rings is 4. The number of anilines is 1. The zero-order valence-electron chi connectivity index (χ0n) is 23.9. The fourth-order valence-electron chi connectivity index (χ4n) is 5.43. The number of carbonyl (C=O) groups excluding carboxylic acids is 2. The zero-order valence-corrected chi connectivity index (χ0v) is 23.9. The van der Waals surface area contributed by atoms with Gasteiger partial charge in [-0.3, -0.25) is 9.69 Å². The van der Waals surface area contributed by atoms with Crippen LogP contribution in [0.4, 0.5) is 10.5 Å². The third-order valence-corrected chi connectivity index (χ3v) is 7.47. The van der Waals surface area contributed by atoms with Crippen LogP contribution in [-0.2, 0) is 11.3 Å². The van der Waals surface area contributed by atoms with Gasteiger partial charge in [-0.15, -0.1) is 0 Å². The van der Waals surface area contributed by atoms with E-state index in [-0.39, 0.29) is 5.91 Å². The van der Waals surface area contributed by atoms with Crippen molar-refractivity contribution in [3.05, 3.63) is 113 Å². The Morgan fingerprint density at radius 3 is 2.30 bits per heavy atom. The Morgan fingerprint density at radius 1 is 0.850 bits per heavy atom. The van der Waals surface area contributed by atoms with Crippen molar-refractivity contribution in [2.24, 2.45) is 0 Å². The van der Waals surface area contributed by atoms with Gasteiger partial charge in [-0.05, 0) is 92.6 Å². The lowest BCUT2D eigenvalue weighted by Crippen LogP contribution is -2.38. The van der Waals surface area contributed by atoms with Crippen LogP contribution in [0.2, 0.25) is 0 Å². The summed E-state index contributed by atoms with van der Waals surface area (Å²) < 4.78 is 5.78. The molecule has 0 radical (unpaired) electrons. The lowest BCUT2D eigenvalue weighted by molar-refractivity contribution is 0.0576. The van der Waals surface area contributed by atoms with Crippen LogP contribution in [0.1, 0.15) is 66.6 Å². The van der Waals surface area contributed by atoms with Crippen molar-refractivity contribution in [2.45, 2.75) is 58.6 Å². The second-order valence-corrected chi connectivity index (χ2v) is 11.8. The van der Waals surface area contributed by atoms with Gasteiger partial charge in [0.15, 0.2) is 0 Å². The summed E-state index contributed by atoms with van der Waals surface area (Å²) in [6, 6.07) is 30.4. The molecule has 0 bridgehead atoms. The fourth-order valence-corrected chi connectivity index (χ4v) is 5.43. The Hall–Kier alpha value is -4.12. The summed E-state index contributed by atoms with van der Waals surface area (Å²) in [6.45, 7) is 9.47. The molecule has 0 aliphatic carbocycles. The molecular formula is C35H38N2O3. The second kappa shape index (κ2) is 11.5. The minimum Gasteiger partial charge on any atom is -0.443 e. The molecule has 1 aliphatic rings. The number of hydrogen-bond donors (Lipinski definition) is 0. The summed E-state index contributed by atoms with van der Waals surface area (Å²) in [6.07, 6.45) is 1.45. The van der Waals surface area contributed by atoms with Crippen LogP contribution in [-0.4, -0.2) is 35.6 Å². The Bertz CT molecular complexity index is 1510. The fraction of sp³-hybridized carbons (Fsp3) is 0.314. The van der Waals surface area contributed by atoms with Crippen molar-refractivity contribution in [3.63, 3.8) is 0 Å². The van der Waals surface area contributed by atoms with Gasteiger partial charge in [-0.2, -0.15) is 0 Å². The molecule has 1 aliphatic heterocycles. The van der Waals surface area contributed by atoms with Crippen molar-refractivity contribution in [3.8, 4) is 0 Å². The van der Waals surface area contributed by atoms with Crippen molar-refractivity contribution in [1.29, 1.82) is 0 Å². The summed E-state index contributed by atoms with van der Waals surface area (Å²) in [5.74, 6) is 0.472. The average molecular weight is 535 g/mol. The molecule has 2 amide bonds. The van der Waals surface area contributed by atoms with E-state index in [9.17, 15) is 9.59 Å². The summed E-state index contributed by atoms with van der Waals surface area (Å²) in [5.41, 5.74) is 4.19. The van der Waals surface area contributed by atoms with Crippen molar-refractivity contribution >= 4 is 28.5 Å². The van der Waals surface area contributed by atoms with Crippen LogP contribution in [0.3, 0.4) is 0 Å². The van der Waals surface area contributed by atoms with Crippen LogP contribution >= 0.6 is 0 Å². The number of rotatable bonds is 5. The highest BCUT2D eigenvalue weighted by atomic mass is 16.6. The molecule has 1 saturated heterocycles. The molecule has 4 aromatic rings. The SMILES string of the molecule is Cc1cccc(C2CCN(C(=O)c3cccc(N(Cc4ccc5ccccc5c4)C(=O)OC(C)(C)C)c3)CC2)c1. The van der Waals surface area contributed by atoms with Gasteiger partial charge >= 0.3 is 6.09 Å². The Labute approximate surface area is 237 Å². The molecule has 0 spiro atoms. The number of likely N-dealkylation sites (tertiary alicyclic amines) is 1. The molecule has 0 atom stereocenters. The Morgan fingerprint density at radius 2 is 1.57 bits per heavy atom. The van der Waals surface area contributed by atoms with Crippen molar-refractivity contribution in [1.82, 2.24) is 4.90 Å². The van der Waals surface area contributed by atoms with Crippen LogP contribution in [0.15, 0.2) is 91.0 Å². The highest BCUT2D eigenvalue weighted by Crippen LogP contribution is 2.30. The molecular weight excluding hydrogens is 496 g/mol. The lowest BCUT2D eigenvalue weighted by Gasteiger charge is -2.33.